The fourth-order valence-electron chi connectivity index (χ4n) is 3.64. The number of likely N-dealkylation sites (tertiary alicyclic amines) is 1. The third-order valence-electron chi connectivity index (χ3n) is 4.64. The molecule has 0 radical (unpaired) electrons. The number of rotatable bonds is 3. The molecule has 0 amide bonds. The van der Waals surface area contributed by atoms with Crippen molar-refractivity contribution in [3.63, 3.8) is 0 Å². The molecule has 1 aromatic carbocycles. The second-order valence-corrected chi connectivity index (χ2v) is 7.39. The summed E-state index contributed by atoms with van der Waals surface area (Å²) in [7, 11) is 0. The fourth-order valence-corrected chi connectivity index (χ4v) is 4.38. The average molecular weight is 379 g/mol. The first-order valence-corrected chi connectivity index (χ1v) is 8.73. The van der Waals surface area contributed by atoms with Crippen LogP contribution in [0.4, 0.5) is 5.82 Å². The van der Waals surface area contributed by atoms with E-state index in [1.54, 1.807) is 0 Å². The highest BCUT2D eigenvalue weighted by molar-refractivity contribution is 9.10. The molecule has 2 unspecified atom stereocenters. The molecule has 0 saturated carbocycles. The molecule has 0 aliphatic carbocycles. The maximum Gasteiger partial charge on any atom is 0.147 e. The summed E-state index contributed by atoms with van der Waals surface area (Å²) in [4.78, 5) is 9.48. The van der Waals surface area contributed by atoms with Gasteiger partial charge in [0.25, 0.3) is 0 Å². The Bertz CT molecular complexity index is 679. The topological polar surface area (TPSA) is 19.4 Å². The molecule has 3 nitrogen and oxygen atoms in total. The molecule has 2 aliphatic heterocycles. The summed E-state index contributed by atoms with van der Waals surface area (Å²) in [5.74, 6) is 0.928. The first-order valence-electron chi connectivity index (χ1n) is 7.56. The lowest BCUT2D eigenvalue weighted by molar-refractivity contribution is 0.230. The number of anilines is 1. The monoisotopic (exact) mass is 377 g/mol. The van der Waals surface area contributed by atoms with E-state index in [-0.39, 0.29) is 0 Å². The number of piperazine rings is 1. The third-order valence-corrected chi connectivity index (χ3v) is 5.35. The highest BCUT2D eigenvalue weighted by Gasteiger charge is 2.44. The van der Waals surface area contributed by atoms with Crippen LogP contribution in [0.1, 0.15) is 12.0 Å². The SMILES string of the molecule is Clc1cc(Br)cnc1N1CC2CC1CN2Cc1ccccc1. The van der Waals surface area contributed by atoms with E-state index in [1.807, 2.05) is 12.3 Å². The molecule has 2 bridgehead atoms. The number of pyridine rings is 1. The summed E-state index contributed by atoms with van der Waals surface area (Å²) in [6, 6.07) is 13.8. The first-order chi connectivity index (χ1) is 10.7. The van der Waals surface area contributed by atoms with Crippen LogP contribution in [0.3, 0.4) is 0 Å². The summed E-state index contributed by atoms with van der Waals surface area (Å²) in [5, 5.41) is 0.733. The number of nitrogens with zero attached hydrogens (tertiary/aromatic N) is 3. The van der Waals surface area contributed by atoms with Crippen molar-refractivity contribution in [3.05, 3.63) is 57.7 Å². The van der Waals surface area contributed by atoms with Crippen LogP contribution in [0.5, 0.6) is 0 Å². The molecule has 2 aromatic rings. The maximum absolute atomic E-state index is 6.37. The van der Waals surface area contributed by atoms with Crippen LogP contribution in [0.25, 0.3) is 0 Å². The standard InChI is InChI=1S/C17H17BrClN3/c18-13-6-16(19)17(20-8-13)22-11-14-7-15(22)10-21(14)9-12-4-2-1-3-5-12/h1-6,8,14-15H,7,9-11H2. The average Bonchev–Trinajstić information content (AvgIpc) is 3.08. The Morgan fingerprint density at radius 3 is 2.68 bits per heavy atom. The summed E-state index contributed by atoms with van der Waals surface area (Å²) in [6.45, 7) is 3.15. The van der Waals surface area contributed by atoms with Gasteiger partial charge in [0.15, 0.2) is 0 Å². The second-order valence-electron chi connectivity index (χ2n) is 6.07. The minimum atomic E-state index is 0.528. The molecule has 2 atom stereocenters. The van der Waals surface area contributed by atoms with Gasteiger partial charge in [-0.15, -0.1) is 0 Å². The van der Waals surface area contributed by atoms with Crippen molar-refractivity contribution in [1.29, 1.82) is 0 Å². The molecule has 1 aromatic heterocycles. The van der Waals surface area contributed by atoms with Gasteiger partial charge in [-0.25, -0.2) is 4.98 Å². The third kappa shape index (κ3) is 2.64. The quantitative estimate of drug-likeness (QED) is 0.806. The minimum absolute atomic E-state index is 0.528. The summed E-state index contributed by atoms with van der Waals surface area (Å²) >= 11 is 9.78. The zero-order valence-electron chi connectivity index (χ0n) is 12.1. The number of hydrogen-bond donors (Lipinski definition) is 0. The van der Waals surface area contributed by atoms with Gasteiger partial charge in [-0.05, 0) is 34.0 Å². The minimum Gasteiger partial charge on any atom is -0.349 e. The van der Waals surface area contributed by atoms with E-state index < -0.39 is 0 Å². The Balaban J connectivity index is 1.48. The van der Waals surface area contributed by atoms with Crippen molar-refractivity contribution >= 4 is 33.3 Å². The molecule has 114 valence electrons. The molecule has 2 aliphatic rings. The van der Waals surface area contributed by atoms with E-state index in [4.69, 9.17) is 11.6 Å². The Morgan fingerprint density at radius 1 is 1.18 bits per heavy atom. The Morgan fingerprint density at radius 2 is 2.00 bits per heavy atom. The van der Waals surface area contributed by atoms with E-state index in [1.165, 1.54) is 12.0 Å². The first kappa shape index (κ1) is 14.5. The van der Waals surface area contributed by atoms with Gasteiger partial charge in [0.1, 0.15) is 5.82 Å². The molecular formula is C17H17BrClN3. The van der Waals surface area contributed by atoms with Gasteiger partial charge in [0.05, 0.1) is 5.02 Å². The lowest BCUT2D eigenvalue weighted by Crippen LogP contribution is -2.46. The second kappa shape index (κ2) is 5.84. The zero-order chi connectivity index (χ0) is 15.1. The normalized spacial score (nSPS) is 24.2. The zero-order valence-corrected chi connectivity index (χ0v) is 14.5. The summed E-state index contributed by atoms with van der Waals surface area (Å²) in [5.41, 5.74) is 1.39. The van der Waals surface area contributed by atoms with Gasteiger partial charge in [0.2, 0.25) is 0 Å². The number of aromatic nitrogens is 1. The van der Waals surface area contributed by atoms with Crippen molar-refractivity contribution in [2.75, 3.05) is 18.0 Å². The molecule has 2 fully saturated rings. The van der Waals surface area contributed by atoms with E-state index in [2.05, 4.69) is 61.0 Å². The highest BCUT2D eigenvalue weighted by atomic mass is 79.9. The summed E-state index contributed by atoms with van der Waals surface area (Å²) < 4.78 is 0.927. The Labute approximate surface area is 144 Å². The van der Waals surface area contributed by atoms with Crippen LogP contribution < -0.4 is 4.90 Å². The molecule has 3 heterocycles. The molecular weight excluding hydrogens is 362 g/mol. The molecule has 2 saturated heterocycles. The van der Waals surface area contributed by atoms with Crippen LogP contribution in [0.2, 0.25) is 5.02 Å². The number of fused-ring (bicyclic) bond motifs is 2. The van der Waals surface area contributed by atoms with Crippen LogP contribution in [-0.2, 0) is 6.54 Å². The predicted molar refractivity (Wildman–Crippen MR) is 93.3 cm³/mol. The summed E-state index contributed by atoms with van der Waals surface area (Å²) in [6.07, 6.45) is 3.04. The van der Waals surface area contributed by atoms with Crippen LogP contribution in [0, 0.1) is 0 Å². The Kier molecular flexibility index (Phi) is 3.84. The van der Waals surface area contributed by atoms with E-state index in [0.29, 0.717) is 12.1 Å². The van der Waals surface area contributed by atoms with Crippen LogP contribution >= 0.6 is 27.5 Å². The van der Waals surface area contributed by atoms with Crippen molar-refractivity contribution in [2.24, 2.45) is 0 Å². The van der Waals surface area contributed by atoms with Gasteiger partial charge < -0.3 is 4.90 Å². The molecule has 5 heteroatoms. The maximum atomic E-state index is 6.37. The van der Waals surface area contributed by atoms with Crippen molar-refractivity contribution in [1.82, 2.24) is 9.88 Å². The van der Waals surface area contributed by atoms with E-state index in [9.17, 15) is 0 Å². The van der Waals surface area contributed by atoms with Gasteiger partial charge >= 0.3 is 0 Å². The molecule has 4 rings (SSSR count). The molecule has 22 heavy (non-hydrogen) atoms. The molecule has 0 N–H and O–H groups in total. The van der Waals surface area contributed by atoms with Crippen molar-refractivity contribution < 1.29 is 0 Å². The van der Waals surface area contributed by atoms with Gasteiger partial charge in [-0.2, -0.15) is 0 Å². The predicted octanol–water partition coefficient (Wildman–Crippen LogP) is 3.96. The lowest BCUT2D eigenvalue weighted by Gasteiger charge is -2.35. The van der Waals surface area contributed by atoms with Gasteiger partial charge in [-0.3, -0.25) is 4.90 Å². The van der Waals surface area contributed by atoms with Crippen molar-refractivity contribution in [2.45, 2.75) is 25.0 Å². The van der Waals surface area contributed by atoms with E-state index in [0.717, 1.165) is 34.9 Å². The molecule has 0 spiro atoms. The van der Waals surface area contributed by atoms with Crippen molar-refractivity contribution in [3.8, 4) is 0 Å². The lowest BCUT2D eigenvalue weighted by atomic mass is 10.2. The largest absolute Gasteiger partial charge is 0.349 e. The smallest absolute Gasteiger partial charge is 0.147 e. The number of halogens is 2. The van der Waals surface area contributed by atoms with Crippen LogP contribution in [0.15, 0.2) is 47.1 Å². The highest BCUT2D eigenvalue weighted by Crippen LogP contribution is 2.37. The Hall–Kier alpha value is -1.10. The van der Waals surface area contributed by atoms with Gasteiger partial charge in [0, 0.05) is 42.4 Å². The van der Waals surface area contributed by atoms with Gasteiger partial charge in [-0.1, -0.05) is 41.9 Å². The van der Waals surface area contributed by atoms with Crippen LogP contribution in [-0.4, -0.2) is 35.1 Å². The number of benzene rings is 1. The fraction of sp³-hybridized carbons (Fsp3) is 0.353. The number of hydrogen-bond acceptors (Lipinski definition) is 3. The van der Waals surface area contributed by atoms with E-state index >= 15 is 0 Å².